The molecule has 3 aliphatic rings. The zero-order chi connectivity index (χ0) is 39.6. The summed E-state index contributed by atoms with van der Waals surface area (Å²) in [7, 11) is -5.45. The van der Waals surface area contributed by atoms with Gasteiger partial charge in [0.25, 0.3) is 0 Å². The third kappa shape index (κ3) is 7.82. The number of hydrogen-bond donors (Lipinski definition) is 0. The van der Waals surface area contributed by atoms with Gasteiger partial charge in [-0.25, -0.2) is 0 Å². The molecule has 0 aliphatic carbocycles. The molecule has 5 aromatic rings. The normalized spacial score (nSPS) is 18.3. The van der Waals surface area contributed by atoms with Crippen molar-refractivity contribution in [3.8, 4) is 28.7 Å². The Hall–Kier alpha value is -4.51. The third-order valence-electron chi connectivity index (χ3n) is 10.6. The van der Waals surface area contributed by atoms with Gasteiger partial charge in [0.2, 0.25) is 0 Å². The van der Waals surface area contributed by atoms with Crippen molar-refractivity contribution in [3.05, 3.63) is 147 Å². The Kier molecular flexibility index (Phi) is 9.58. The summed E-state index contributed by atoms with van der Waals surface area (Å²) in [5.74, 6) is 2.87. The summed E-state index contributed by atoms with van der Waals surface area (Å²) in [6.07, 6.45) is 0. The van der Waals surface area contributed by atoms with Crippen molar-refractivity contribution in [2.45, 2.75) is 119 Å². The number of para-hydroxylation sites is 2. The molecule has 2 bridgehead atoms. The SMILES string of the molecule is Cc1cc(C(C)(C)C)cc2c1OP1(Oc3ccccc3)(Oc3ccccc3)Oc3c(C)cc(C(C)(C)C)cc3CN(C2)Cc2cc(C(C)(C)C)cc(C)c2O1. The molecular weight excluding hydrogens is 702 g/mol. The minimum absolute atomic E-state index is 0.104. The van der Waals surface area contributed by atoms with Crippen LogP contribution in [0.5, 0.6) is 28.7 Å². The number of hydrogen-bond acceptors (Lipinski definition) is 6. The third-order valence-corrected chi connectivity index (χ3v) is 13.0. The fraction of sp³-hybridized carbons (Fsp3) is 0.375. The fourth-order valence-corrected chi connectivity index (χ4v) is 10.4. The molecule has 55 heavy (non-hydrogen) atoms. The van der Waals surface area contributed by atoms with E-state index in [1.807, 2.05) is 60.7 Å². The van der Waals surface area contributed by atoms with Crippen LogP contribution >= 0.6 is 7.74 Å². The summed E-state index contributed by atoms with van der Waals surface area (Å²) in [5, 5.41) is 0. The molecule has 6 nitrogen and oxygen atoms in total. The monoisotopic (exact) mass is 759 g/mol. The van der Waals surface area contributed by atoms with Gasteiger partial charge >= 0.3 is 330 Å². The Morgan fingerprint density at radius 1 is 0.455 bits per heavy atom. The van der Waals surface area contributed by atoms with E-state index >= 15 is 0 Å². The van der Waals surface area contributed by atoms with Crippen LogP contribution in [0.1, 0.15) is 112 Å². The number of benzene rings is 5. The Balaban J connectivity index is 1.66. The Bertz CT molecular complexity index is 2000. The summed E-state index contributed by atoms with van der Waals surface area (Å²) in [6, 6.07) is 32.7. The van der Waals surface area contributed by atoms with Crippen LogP contribution in [-0.2, 0) is 35.9 Å². The average molecular weight is 760 g/mol. The van der Waals surface area contributed by atoms with E-state index in [0.29, 0.717) is 48.4 Å². The van der Waals surface area contributed by atoms with Crippen LogP contribution in [0.3, 0.4) is 0 Å². The number of rotatable bonds is 4. The van der Waals surface area contributed by atoms with Gasteiger partial charge in [-0.1, -0.05) is 0 Å². The van der Waals surface area contributed by atoms with Crippen LogP contribution in [0.15, 0.2) is 97.1 Å². The van der Waals surface area contributed by atoms with Crippen LogP contribution in [0, 0.1) is 20.8 Å². The van der Waals surface area contributed by atoms with Gasteiger partial charge in [-0.15, -0.1) is 0 Å². The summed E-state index contributed by atoms with van der Waals surface area (Å²) in [6.45, 7) is 28.4. The molecule has 0 N–H and O–H groups in total. The van der Waals surface area contributed by atoms with E-state index in [1.54, 1.807) is 0 Å². The number of aryl methyl sites for hydroxylation is 3. The Morgan fingerprint density at radius 2 is 0.745 bits per heavy atom. The van der Waals surface area contributed by atoms with Gasteiger partial charge in [0, 0.05) is 0 Å². The fourth-order valence-electron chi connectivity index (χ4n) is 7.42. The van der Waals surface area contributed by atoms with E-state index in [2.05, 4.69) is 124 Å². The second kappa shape index (κ2) is 13.6. The van der Waals surface area contributed by atoms with E-state index in [4.69, 9.17) is 22.6 Å². The first-order chi connectivity index (χ1) is 25.7. The molecular formula is C48H58NO5P. The van der Waals surface area contributed by atoms with Crippen LogP contribution in [0.25, 0.3) is 0 Å². The first-order valence-corrected chi connectivity index (χ1v) is 21.3. The second-order valence-electron chi connectivity index (χ2n) is 18.6. The Morgan fingerprint density at radius 3 is 1.02 bits per heavy atom. The van der Waals surface area contributed by atoms with Gasteiger partial charge in [-0.2, -0.15) is 0 Å². The van der Waals surface area contributed by atoms with E-state index in [1.165, 1.54) is 16.7 Å². The molecule has 7 heteroatoms. The van der Waals surface area contributed by atoms with Crippen molar-refractivity contribution in [1.29, 1.82) is 0 Å². The number of nitrogens with zero attached hydrogens (tertiary/aromatic N) is 1. The first kappa shape index (κ1) is 38.8. The topological polar surface area (TPSA) is 49.4 Å². The first-order valence-electron chi connectivity index (χ1n) is 19.5. The van der Waals surface area contributed by atoms with Gasteiger partial charge in [-0.05, 0) is 0 Å². The molecule has 3 heterocycles. The van der Waals surface area contributed by atoms with Gasteiger partial charge in [0.05, 0.1) is 0 Å². The van der Waals surface area contributed by atoms with Crippen LogP contribution in [-0.4, -0.2) is 4.90 Å². The molecule has 3 aliphatic heterocycles. The summed E-state index contributed by atoms with van der Waals surface area (Å²) < 4.78 is 37.5. The predicted molar refractivity (Wildman–Crippen MR) is 226 cm³/mol. The van der Waals surface area contributed by atoms with Crippen LogP contribution in [0.4, 0.5) is 0 Å². The van der Waals surface area contributed by atoms with Crippen molar-refractivity contribution >= 4 is 7.74 Å². The molecule has 0 aromatic heterocycles. The zero-order valence-corrected chi connectivity index (χ0v) is 35.7. The Labute approximate surface area is 329 Å². The van der Waals surface area contributed by atoms with Gasteiger partial charge in [-0.3, -0.25) is 0 Å². The maximum atomic E-state index is 7.61. The van der Waals surface area contributed by atoms with E-state index in [9.17, 15) is 0 Å². The molecule has 8 rings (SSSR count). The molecule has 290 valence electrons. The maximum absolute atomic E-state index is 7.61. The van der Waals surface area contributed by atoms with Crippen LogP contribution in [0.2, 0.25) is 0 Å². The van der Waals surface area contributed by atoms with E-state index in [0.717, 1.165) is 33.4 Å². The molecule has 0 spiro atoms. The molecule has 0 saturated heterocycles. The second-order valence-corrected chi connectivity index (χ2v) is 21.0. The van der Waals surface area contributed by atoms with Crippen LogP contribution < -0.4 is 22.6 Å². The standard InChI is InChI=1S/C48H58NO5P/c1-32-23-38(46(4,5)6)26-35-29-49-30-36-27-39(47(7,8)9)24-33(2)44(36)53-55(52-43(32)35,50-41-19-15-13-16-20-41,51-42-21-17-14-18-22-42)54-45-34(3)25-40(48(10,11)12)28-37(45)31-49/h13-28H,29-31H2,1-12H3. The summed E-state index contributed by atoms with van der Waals surface area (Å²) >= 11 is 0. The van der Waals surface area contributed by atoms with Crippen molar-refractivity contribution in [3.63, 3.8) is 0 Å². The molecule has 0 fully saturated rings. The quantitative estimate of drug-likeness (QED) is 0.170. The van der Waals surface area contributed by atoms with Gasteiger partial charge in [0.15, 0.2) is 0 Å². The molecule has 5 aromatic carbocycles. The van der Waals surface area contributed by atoms with Crippen molar-refractivity contribution in [2.24, 2.45) is 0 Å². The van der Waals surface area contributed by atoms with E-state index < -0.39 is 7.74 Å². The van der Waals surface area contributed by atoms with Gasteiger partial charge in [0.1, 0.15) is 0 Å². The molecule has 0 radical (unpaired) electrons. The average Bonchev–Trinajstić information content (AvgIpc) is 3.08. The molecule has 0 saturated carbocycles. The van der Waals surface area contributed by atoms with Crippen molar-refractivity contribution in [2.75, 3.05) is 0 Å². The zero-order valence-electron chi connectivity index (χ0n) is 34.8. The van der Waals surface area contributed by atoms with Crippen molar-refractivity contribution < 1.29 is 22.6 Å². The minimum atomic E-state index is -5.45. The van der Waals surface area contributed by atoms with Crippen molar-refractivity contribution in [1.82, 2.24) is 4.90 Å². The molecule has 0 atom stereocenters. The molecule has 0 amide bonds. The molecule has 0 unspecified atom stereocenters. The summed E-state index contributed by atoms with van der Waals surface area (Å²) in [5.41, 5.74) is 9.20. The van der Waals surface area contributed by atoms with Gasteiger partial charge < -0.3 is 0 Å². The van der Waals surface area contributed by atoms with E-state index in [-0.39, 0.29) is 16.2 Å². The summed E-state index contributed by atoms with van der Waals surface area (Å²) in [4.78, 5) is 2.50. The predicted octanol–water partition coefficient (Wildman–Crippen LogP) is 13.2.